The van der Waals surface area contributed by atoms with Crippen LogP contribution in [0.25, 0.3) is 17.3 Å². The molecule has 0 radical (unpaired) electrons. The molecule has 5 aromatic rings. The first-order valence-electron chi connectivity index (χ1n) is 10.5. The van der Waals surface area contributed by atoms with Crippen molar-refractivity contribution in [2.75, 3.05) is 4.90 Å². The van der Waals surface area contributed by atoms with Gasteiger partial charge in [-0.1, -0.05) is 47.7 Å². The fourth-order valence-corrected chi connectivity index (χ4v) is 5.21. The van der Waals surface area contributed by atoms with E-state index in [9.17, 15) is 15.3 Å². The number of hydrogen-bond acceptors (Lipinski definition) is 7. The highest BCUT2D eigenvalue weighted by Gasteiger charge is 2.17. The molecule has 0 spiro atoms. The van der Waals surface area contributed by atoms with E-state index in [1.54, 1.807) is 28.0 Å². The molecule has 0 saturated carbocycles. The zero-order valence-electron chi connectivity index (χ0n) is 18.2. The number of furan rings is 1. The van der Waals surface area contributed by atoms with Crippen molar-refractivity contribution >= 4 is 51.6 Å². The number of anilines is 3. The highest BCUT2D eigenvalue weighted by atomic mass is 32.1. The zero-order chi connectivity index (χ0) is 24.2. The molecule has 6 nitrogen and oxygen atoms in total. The molecule has 0 saturated heterocycles. The van der Waals surface area contributed by atoms with E-state index in [2.05, 4.69) is 0 Å². The van der Waals surface area contributed by atoms with Crippen LogP contribution >= 0.6 is 22.7 Å². The molecule has 0 atom stereocenters. The summed E-state index contributed by atoms with van der Waals surface area (Å²) in [5.74, 6) is 1.06. The van der Waals surface area contributed by atoms with Gasteiger partial charge in [-0.2, -0.15) is 21.9 Å². The predicted octanol–water partition coefficient (Wildman–Crippen LogP) is 5.05. The van der Waals surface area contributed by atoms with Crippen LogP contribution in [0.4, 0.5) is 17.3 Å². The third-order valence-corrected chi connectivity index (χ3v) is 6.83. The molecule has 5 rings (SSSR count). The van der Waals surface area contributed by atoms with Gasteiger partial charge in [0.1, 0.15) is 27.9 Å². The Morgan fingerprint density at radius 2 is 1.63 bits per heavy atom. The summed E-state index contributed by atoms with van der Waals surface area (Å²) >= 11 is 2.45. The number of benzene rings is 2. The number of thiazole rings is 1. The third-order valence-electron chi connectivity index (χ3n) is 5.19. The van der Waals surface area contributed by atoms with Crippen molar-refractivity contribution in [3.8, 4) is 17.8 Å². The first-order valence-corrected chi connectivity index (χ1v) is 12.3. The standard InChI is InChI=1S/C27H16N4O2S2/c28-16-19(17-29)26-31(21-9-5-2-6-10-21)24(27(32)35-26)15-23-11-12-25(33-23)30(22-13-14-34-18-22)20-7-3-1-4-8-20/h1-15,18H/b24-15-. The molecule has 0 amide bonds. The minimum atomic E-state index is -0.275. The molecular weight excluding hydrogens is 476 g/mol. The van der Waals surface area contributed by atoms with Crippen molar-refractivity contribution in [1.29, 1.82) is 10.5 Å². The van der Waals surface area contributed by atoms with E-state index in [0.717, 1.165) is 22.7 Å². The number of aromatic nitrogens is 1. The van der Waals surface area contributed by atoms with Gasteiger partial charge in [0, 0.05) is 28.9 Å². The second-order valence-electron chi connectivity index (χ2n) is 7.32. The van der Waals surface area contributed by atoms with E-state index in [1.165, 1.54) is 0 Å². The quantitative estimate of drug-likeness (QED) is 0.343. The van der Waals surface area contributed by atoms with Crippen molar-refractivity contribution < 1.29 is 4.42 Å². The highest BCUT2D eigenvalue weighted by molar-refractivity contribution is 7.08. The fraction of sp³-hybridized carbons (Fsp3) is 0. The van der Waals surface area contributed by atoms with Gasteiger partial charge >= 0.3 is 0 Å². The molecule has 0 bridgehead atoms. The summed E-state index contributed by atoms with van der Waals surface area (Å²) in [5, 5.41) is 23.2. The summed E-state index contributed by atoms with van der Waals surface area (Å²) in [6.45, 7) is 0. The molecule has 0 aliphatic carbocycles. The molecule has 8 heteroatoms. The van der Waals surface area contributed by atoms with Crippen LogP contribution in [-0.4, -0.2) is 4.57 Å². The van der Waals surface area contributed by atoms with Crippen LogP contribution in [0.3, 0.4) is 0 Å². The van der Waals surface area contributed by atoms with Crippen molar-refractivity contribution in [2.24, 2.45) is 0 Å². The first-order chi connectivity index (χ1) is 17.2. The third kappa shape index (κ3) is 4.32. The molecule has 0 unspecified atom stereocenters. The number of rotatable bonds is 5. The summed E-state index contributed by atoms with van der Waals surface area (Å²) in [6.07, 6.45) is 1.64. The Balaban J connectivity index is 1.70. The van der Waals surface area contributed by atoms with Gasteiger partial charge in [-0.25, -0.2) is 0 Å². The van der Waals surface area contributed by atoms with E-state index in [0.29, 0.717) is 22.7 Å². The molecular formula is C27H16N4O2S2. The normalized spacial score (nSPS) is 11.1. The molecule has 0 aliphatic heterocycles. The summed E-state index contributed by atoms with van der Waals surface area (Å²) in [6, 6.07) is 28.5. The largest absolute Gasteiger partial charge is 0.440 e. The van der Waals surface area contributed by atoms with Gasteiger partial charge in [-0.05, 0) is 41.8 Å². The van der Waals surface area contributed by atoms with Crippen LogP contribution in [0.15, 0.2) is 98.8 Å². The van der Waals surface area contributed by atoms with Gasteiger partial charge in [0.05, 0.1) is 5.69 Å². The van der Waals surface area contributed by atoms with Gasteiger partial charge in [-0.3, -0.25) is 14.3 Å². The van der Waals surface area contributed by atoms with Gasteiger partial charge in [0.2, 0.25) is 5.88 Å². The topological polar surface area (TPSA) is 86.0 Å². The molecule has 35 heavy (non-hydrogen) atoms. The predicted molar refractivity (Wildman–Crippen MR) is 139 cm³/mol. The number of para-hydroxylation sites is 2. The average Bonchev–Trinajstić information content (AvgIpc) is 3.64. The van der Waals surface area contributed by atoms with E-state index in [-0.39, 0.29) is 15.0 Å². The van der Waals surface area contributed by atoms with E-state index < -0.39 is 0 Å². The lowest BCUT2D eigenvalue weighted by atomic mass is 10.2. The van der Waals surface area contributed by atoms with Gasteiger partial charge < -0.3 is 4.42 Å². The van der Waals surface area contributed by atoms with Crippen LogP contribution in [-0.2, 0) is 0 Å². The van der Waals surface area contributed by atoms with E-state index in [4.69, 9.17) is 4.42 Å². The molecule has 3 heterocycles. The molecule has 0 fully saturated rings. The second kappa shape index (κ2) is 9.70. The second-order valence-corrected chi connectivity index (χ2v) is 9.06. The molecule has 2 aromatic carbocycles. The summed E-state index contributed by atoms with van der Waals surface area (Å²) in [5.41, 5.74) is 2.45. The van der Waals surface area contributed by atoms with Crippen LogP contribution in [0.2, 0.25) is 0 Å². The van der Waals surface area contributed by atoms with E-state index in [1.807, 2.05) is 101 Å². The van der Waals surface area contributed by atoms with Crippen molar-refractivity contribution in [3.63, 3.8) is 0 Å². The molecule has 3 aromatic heterocycles. The Morgan fingerprint density at radius 3 is 2.29 bits per heavy atom. The lowest BCUT2D eigenvalue weighted by molar-refractivity contribution is 0.563. The van der Waals surface area contributed by atoms with E-state index >= 15 is 0 Å². The Bertz CT molecular complexity index is 1720. The Hall–Kier alpha value is -4.63. The van der Waals surface area contributed by atoms with Gasteiger partial charge in [-0.15, -0.1) is 0 Å². The van der Waals surface area contributed by atoms with Gasteiger partial charge in [0.15, 0.2) is 5.57 Å². The SMILES string of the molecule is N#CC(C#N)=c1sc(=O)/c(=C/c2ccc(N(c3ccccc3)c3ccsc3)o2)n1-c1ccccc1. The Kier molecular flexibility index (Phi) is 6.15. The minimum Gasteiger partial charge on any atom is -0.440 e. The summed E-state index contributed by atoms with van der Waals surface area (Å²) in [7, 11) is 0. The first kappa shape index (κ1) is 22.2. The highest BCUT2D eigenvalue weighted by Crippen LogP contribution is 2.36. The monoisotopic (exact) mass is 492 g/mol. The molecule has 168 valence electrons. The van der Waals surface area contributed by atoms with Crippen molar-refractivity contribution in [2.45, 2.75) is 0 Å². The number of nitrogens with zero attached hydrogens (tertiary/aromatic N) is 4. The van der Waals surface area contributed by atoms with Crippen LogP contribution < -0.4 is 19.7 Å². The smallest absolute Gasteiger partial charge is 0.258 e. The van der Waals surface area contributed by atoms with Crippen LogP contribution in [0.5, 0.6) is 0 Å². The number of nitriles is 2. The molecule has 0 aliphatic rings. The fourth-order valence-electron chi connectivity index (χ4n) is 3.67. The minimum absolute atomic E-state index is 0.122. The van der Waals surface area contributed by atoms with Gasteiger partial charge in [0.25, 0.3) is 4.74 Å². The lowest BCUT2D eigenvalue weighted by Crippen LogP contribution is -2.31. The van der Waals surface area contributed by atoms with Crippen LogP contribution in [0.1, 0.15) is 5.76 Å². The summed E-state index contributed by atoms with van der Waals surface area (Å²) < 4.78 is 7.83. The average molecular weight is 493 g/mol. The number of hydrogen-bond donors (Lipinski definition) is 0. The molecule has 0 N–H and O–H groups in total. The number of thiophene rings is 1. The zero-order valence-corrected chi connectivity index (χ0v) is 19.8. The van der Waals surface area contributed by atoms with Crippen molar-refractivity contribution in [3.05, 3.63) is 115 Å². The van der Waals surface area contributed by atoms with Crippen molar-refractivity contribution in [1.82, 2.24) is 4.57 Å². The maximum absolute atomic E-state index is 13.0. The lowest BCUT2D eigenvalue weighted by Gasteiger charge is -2.20. The Labute approximate surface area is 208 Å². The summed E-state index contributed by atoms with van der Waals surface area (Å²) in [4.78, 5) is 15.0. The maximum Gasteiger partial charge on any atom is 0.258 e. The van der Waals surface area contributed by atoms with Crippen LogP contribution in [0, 0.1) is 22.7 Å². The maximum atomic E-state index is 13.0. The Morgan fingerprint density at radius 1 is 0.914 bits per heavy atom.